The number of hydrogen-bond acceptors (Lipinski definition) is 6. The van der Waals surface area contributed by atoms with Gasteiger partial charge in [0.25, 0.3) is 5.91 Å². The Hall–Kier alpha value is -3.23. The molecule has 2 aromatic carbocycles. The molecule has 1 saturated carbocycles. The van der Waals surface area contributed by atoms with Crippen LogP contribution in [0.3, 0.4) is 0 Å². The standard InChI is InChI=1S/C29H40N4O4/c30-19-7-6-12-25(31)27(35)32-21-29(17-18-29)28(36)37-33-26(34)20-24-15-13-23(14-16-24)11-5-4-10-22-8-2-1-3-9-22/h1-3,8-9,13-16,25H,4-7,10-12,17-21,30-31H2,(H,32,35)(H,33,34)/t25-/m0/s1. The Labute approximate surface area is 219 Å². The Morgan fingerprint density at radius 3 is 2.11 bits per heavy atom. The quantitative estimate of drug-likeness (QED) is 0.216. The molecule has 0 bridgehead atoms. The fourth-order valence-electron chi connectivity index (χ4n) is 4.19. The maximum absolute atomic E-state index is 12.5. The lowest BCUT2D eigenvalue weighted by molar-refractivity contribution is -0.163. The largest absolute Gasteiger partial charge is 0.354 e. The van der Waals surface area contributed by atoms with Gasteiger partial charge in [-0.2, -0.15) is 5.48 Å². The summed E-state index contributed by atoms with van der Waals surface area (Å²) < 4.78 is 0. The van der Waals surface area contributed by atoms with Crippen LogP contribution in [0.5, 0.6) is 0 Å². The Kier molecular flexibility index (Phi) is 11.1. The maximum Gasteiger partial charge on any atom is 0.340 e. The van der Waals surface area contributed by atoms with E-state index >= 15 is 0 Å². The molecule has 0 heterocycles. The van der Waals surface area contributed by atoms with Gasteiger partial charge >= 0.3 is 5.97 Å². The van der Waals surface area contributed by atoms with Crippen molar-refractivity contribution >= 4 is 17.8 Å². The first-order chi connectivity index (χ1) is 17.9. The molecule has 2 amide bonds. The van der Waals surface area contributed by atoms with Crippen molar-refractivity contribution in [1.29, 1.82) is 0 Å². The highest BCUT2D eigenvalue weighted by molar-refractivity contribution is 5.85. The molecule has 0 saturated heterocycles. The number of rotatable bonds is 15. The summed E-state index contributed by atoms with van der Waals surface area (Å²) in [4.78, 5) is 42.0. The van der Waals surface area contributed by atoms with E-state index in [1.165, 1.54) is 11.1 Å². The van der Waals surface area contributed by atoms with Crippen molar-refractivity contribution < 1.29 is 19.2 Å². The number of carbonyl (C=O) groups is 3. The van der Waals surface area contributed by atoms with E-state index in [-0.39, 0.29) is 18.9 Å². The fraction of sp³-hybridized carbons (Fsp3) is 0.483. The van der Waals surface area contributed by atoms with Gasteiger partial charge in [-0.1, -0.05) is 61.0 Å². The average Bonchev–Trinajstić information content (AvgIpc) is 3.71. The number of unbranched alkanes of at least 4 members (excludes halogenated alkanes) is 2. The molecular formula is C29H40N4O4. The van der Waals surface area contributed by atoms with E-state index in [1.807, 2.05) is 30.3 Å². The molecule has 0 radical (unpaired) electrons. The monoisotopic (exact) mass is 508 g/mol. The summed E-state index contributed by atoms with van der Waals surface area (Å²) in [5.41, 5.74) is 16.3. The van der Waals surface area contributed by atoms with Crippen molar-refractivity contribution in [2.24, 2.45) is 16.9 Å². The Morgan fingerprint density at radius 1 is 0.865 bits per heavy atom. The molecule has 37 heavy (non-hydrogen) atoms. The van der Waals surface area contributed by atoms with Gasteiger partial charge in [0.2, 0.25) is 5.91 Å². The average molecular weight is 509 g/mol. The molecule has 3 rings (SSSR count). The van der Waals surface area contributed by atoms with Crippen molar-refractivity contribution in [2.75, 3.05) is 13.1 Å². The van der Waals surface area contributed by atoms with Crippen molar-refractivity contribution in [2.45, 2.75) is 70.3 Å². The lowest BCUT2D eigenvalue weighted by atomic mass is 10.0. The van der Waals surface area contributed by atoms with Crippen molar-refractivity contribution in [3.8, 4) is 0 Å². The molecule has 0 aromatic heterocycles. The summed E-state index contributed by atoms with van der Waals surface area (Å²) in [6, 6.07) is 17.8. The minimum atomic E-state index is -0.790. The van der Waals surface area contributed by atoms with E-state index in [0.29, 0.717) is 25.8 Å². The van der Waals surface area contributed by atoms with E-state index in [0.717, 1.165) is 44.1 Å². The molecule has 6 N–H and O–H groups in total. The molecule has 0 unspecified atom stereocenters. The van der Waals surface area contributed by atoms with Gasteiger partial charge in [-0.05, 0) is 74.6 Å². The van der Waals surface area contributed by atoms with Crippen LogP contribution < -0.4 is 22.3 Å². The van der Waals surface area contributed by atoms with Crippen LogP contribution in [0.2, 0.25) is 0 Å². The number of nitrogens with one attached hydrogen (secondary N) is 2. The number of aryl methyl sites for hydroxylation is 2. The minimum absolute atomic E-state index is 0.114. The third kappa shape index (κ3) is 9.63. The van der Waals surface area contributed by atoms with Gasteiger partial charge in [0.05, 0.1) is 17.9 Å². The van der Waals surface area contributed by atoms with E-state index in [2.05, 4.69) is 35.1 Å². The number of benzene rings is 2. The number of carbonyl (C=O) groups excluding carboxylic acids is 3. The van der Waals surface area contributed by atoms with Gasteiger partial charge in [0.1, 0.15) is 0 Å². The Morgan fingerprint density at radius 2 is 1.49 bits per heavy atom. The number of hydrogen-bond donors (Lipinski definition) is 4. The van der Waals surface area contributed by atoms with Crippen LogP contribution >= 0.6 is 0 Å². The van der Waals surface area contributed by atoms with E-state index in [4.69, 9.17) is 16.3 Å². The van der Waals surface area contributed by atoms with Crippen LogP contribution in [0.25, 0.3) is 0 Å². The lowest BCUT2D eigenvalue weighted by Crippen LogP contribution is -2.45. The smallest absolute Gasteiger partial charge is 0.340 e. The number of amides is 2. The zero-order chi connectivity index (χ0) is 26.5. The normalized spacial score (nSPS) is 14.4. The molecule has 0 spiro atoms. The summed E-state index contributed by atoms with van der Waals surface area (Å²) in [5, 5.41) is 2.74. The Bertz CT molecular complexity index is 1010. The lowest BCUT2D eigenvalue weighted by Gasteiger charge is -2.17. The SMILES string of the molecule is NCCCC[C@H](N)C(=O)NCC1(C(=O)ONC(=O)Cc2ccc(CCCCc3ccccc3)cc2)CC1. The van der Waals surface area contributed by atoms with Gasteiger partial charge < -0.3 is 21.6 Å². The van der Waals surface area contributed by atoms with Crippen LogP contribution in [-0.2, 0) is 38.5 Å². The second kappa shape index (κ2) is 14.5. The van der Waals surface area contributed by atoms with Crippen molar-refractivity contribution in [1.82, 2.24) is 10.8 Å². The third-order valence-electron chi connectivity index (χ3n) is 6.86. The molecule has 1 fully saturated rings. The van der Waals surface area contributed by atoms with Crippen LogP contribution in [0.4, 0.5) is 0 Å². The molecule has 8 nitrogen and oxygen atoms in total. The summed E-state index contributed by atoms with van der Waals surface area (Å²) >= 11 is 0. The van der Waals surface area contributed by atoms with Crippen LogP contribution in [0.1, 0.15) is 61.6 Å². The first-order valence-electron chi connectivity index (χ1n) is 13.3. The summed E-state index contributed by atoms with van der Waals surface area (Å²) in [6.07, 6.45) is 7.75. The van der Waals surface area contributed by atoms with Crippen LogP contribution in [0, 0.1) is 5.41 Å². The minimum Gasteiger partial charge on any atom is -0.354 e. The zero-order valence-electron chi connectivity index (χ0n) is 21.5. The number of hydroxylamine groups is 1. The second-order valence-electron chi connectivity index (χ2n) is 9.99. The predicted molar refractivity (Wildman–Crippen MR) is 143 cm³/mol. The molecule has 200 valence electrons. The highest BCUT2D eigenvalue weighted by atomic mass is 16.7. The zero-order valence-corrected chi connectivity index (χ0v) is 21.5. The third-order valence-corrected chi connectivity index (χ3v) is 6.86. The first-order valence-corrected chi connectivity index (χ1v) is 13.3. The molecule has 8 heteroatoms. The van der Waals surface area contributed by atoms with E-state index in [9.17, 15) is 14.4 Å². The van der Waals surface area contributed by atoms with E-state index < -0.39 is 23.3 Å². The van der Waals surface area contributed by atoms with Gasteiger partial charge in [0, 0.05) is 6.54 Å². The molecule has 2 aromatic rings. The molecule has 1 aliphatic carbocycles. The van der Waals surface area contributed by atoms with Gasteiger partial charge in [0.15, 0.2) is 0 Å². The Balaban J connectivity index is 1.32. The molecule has 0 aliphatic heterocycles. The van der Waals surface area contributed by atoms with E-state index in [1.54, 1.807) is 0 Å². The molecular weight excluding hydrogens is 468 g/mol. The van der Waals surface area contributed by atoms with Crippen molar-refractivity contribution in [3.63, 3.8) is 0 Å². The van der Waals surface area contributed by atoms with Crippen molar-refractivity contribution in [3.05, 3.63) is 71.3 Å². The van der Waals surface area contributed by atoms with Gasteiger partial charge in [-0.15, -0.1) is 0 Å². The topological polar surface area (TPSA) is 137 Å². The summed E-state index contributed by atoms with van der Waals surface area (Å²) in [7, 11) is 0. The number of nitrogens with two attached hydrogens (primary N) is 2. The van der Waals surface area contributed by atoms with Crippen LogP contribution in [0.15, 0.2) is 54.6 Å². The predicted octanol–water partition coefficient (Wildman–Crippen LogP) is 2.72. The summed E-state index contributed by atoms with van der Waals surface area (Å²) in [5.74, 6) is -1.23. The first kappa shape index (κ1) is 28.3. The maximum atomic E-state index is 12.5. The fourth-order valence-corrected chi connectivity index (χ4v) is 4.19. The molecule has 1 aliphatic rings. The van der Waals surface area contributed by atoms with Gasteiger partial charge in [-0.3, -0.25) is 9.59 Å². The van der Waals surface area contributed by atoms with Crippen LogP contribution in [-0.4, -0.2) is 36.9 Å². The van der Waals surface area contributed by atoms with Gasteiger partial charge in [-0.25, -0.2) is 4.79 Å². The highest BCUT2D eigenvalue weighted by Crippen LogP contribution is 2.46. The highest BCUT2D eigenvalue weighted by Gasteiger charge is 2.52. The summed E-state index contributed by atoms with van der Waals surface area (Å²) in [6.45, 7) is 0.716. The molecule has 1 atom stereocenters. The second-order valence-corrected chi connectivity index (χ2v) is 9.99.